The van der Waals surface area contributed by atoms with E-state index < -0.39 is 0 Å². The van der Waals surface area contributed by atoms with E-state index in [4.69, 9.17) is 4.74 Å². The highest BCUT2D eigenvalue weighted by atomic mass is 16.5. The molecular formula is C17H16O2. The first-order valence-corrected chi connectivity index (χ1v) is 6.14. The van der Waals surface area contributed by atoms with E-state index in [9.17, 15) is 4.79 Å². The SMILES string of the molecule is C=Cc1ccc(COc2cccc(C(C)=O)c2)cc1. The molecule has 2 nitrogen and oxygen atoms in total. The van der Waals surface area contributed by atoms with Crippen molar-refractivity contribution < 1.29 is 9.53 Å². The van der Waals surface area contributed by atoms with Crippen molar-refractivity contribution in [3.8, 4) is 5.75 Å². The molecule has 0 fully saturated rings. The predicted molar refractivity (Wildman–Crippen MR) is 77.3 cm³/mol. The summed E-state index contributed by atoms with van der Waals surface area (Å²) in [7, 11) is 0. The largest absolute Gasteiger partial charge is 0.489 e. The molecule has 0 spiro atoms. The van der Waals surface area contributed by atoms with Crippen LogP contribution in [0.5, 0.6) is 5.75 Å². The molecule has 0 radical (unpaired) electrons. The average Bonchev–Trinajstić information content (AvgIpc) is 2.46. The van der Waals surface area contributed by atoms with Gasteiger partial charge in [0.15, 0.2) is 5.78 Å². The Bertz CT molecular complexity index is 582. The van der Waals surface area contributed by atoms with Gasteiger partial charge in [0.1, 0.15) is 12.4 Å². The molecule has 96 valence electrons. The number of hydrogen-bond donors (Lipinski definition) is 0. The molecule has 0 bridgehead atoms. The number of ether oxygens (including phenoxy) is 1. The van der Waals surface area contributed by atoms with Gasteiger partial charge in [-0.05, 0) is 30.2 Å². The lowest BCUT2D eigenvalue weighted by molar-refractivity contribution is 0.101. The number of benzene rings is 2. The normalized spacial score (nSPS) is 9.95. The zero-order valence-electron chi connectivity index (χ0n) is 10.9. The summed E-state index contributed by atoms with van der Waals surface area (Å²) in [6, 6.07) is 15.2. The van der Waals surface area contributed by atoms with E-state index in [0.717, 1.165) is 11.1 Å². The Kier molecular flexibility index (Phi) is 4.14. The Balaban J connectivity index is 2.03. The van der Waals surface area contributed by atoms with Crippen molar-refractivity contribution in [3.63, 3.8) is 0 Å². The van der Waals surface area contributed by atoms with E-state index in [1.807, 2.05) is 36.4 Å². The molecule has 0 aliphatic heterocycles. The summed E-state index contributed by atoms with van der Waals surface area (Å²) in [4.78, 5) is 11.3. The third-order valence-electron chi connectivity index (χ3n) is 2.86. The fourth-order valence-electron chi connectivity index (χ4n) is 1.72. The van der Waals surface area contributed by atoms with E-state index in [-0.39, 0.29) is 5.78 Å². The fourth-order valence-corrected chi connectivity index (χ4v) is 1.72. The molecule has 2 heteroatoms. The van der Waals surface area contributed by atoms with Crippen molar-refractivity contribution in [1.82, 2.24) is 0 Å². The van der Waals surface area contributed by atoms with Crippen LogP contribution in [0.25, 0.3) is 6.08 Å². The first-order valence-electron chi connectivity index (χ1n) is 6.14. The number of rotatable bonds is 5. The summed E-state index contributed by atoms with van der Waals surface area (Å²) < 4.78 is 5.68. The lowest BCUT2D eigenvalue weighted by Gasteiger charge is -2.07. The van der Waals surface area contributed by atoms with Crippen LogP contribution >= 0.6 is 0 Å². The maximum atomic E-state index is 11.3. The summed E-state index contributed by atoms with van der Waals surface area (Å²) in [5.41, 5.74) is 2.83. The van der Waals surface area contributed by atoms with Crippen LogP contribution in [-0.2, 0) is 6.61 Å². The maximum Gasteiger partial charge on any atom is 0.159 e. The minimum atomic E-state index is 0.0424. The van der Waals surface area contributed by atoms with E-state index >= 15 is 0 Å². The van der Waals surface area contributed by atoms with Crippen LogP contribution in [-0.4, -0.2) is 5.78 Å². The third-order valence-corrected chi connectivity index (χ3v) is 2.86. The molecule has 0 saturated heterocycles. The molecule has 0 heterocycles. The summed E-state index contributed by atoms with van der Waals surface area (Å²) in [5, 5.41) is 0. The van der Waals surface area contributed by atoms with E-state index in [1.165, 1.54) is 0 Å². The second kappa shape index (κ2) is 6.01. The van der Waals surface area contributed by atoms with Gasteiger partial charge in [-0.2, -0.15) is 0 Å². The molecule has 0 unspecified atom stereocenters. The van der Waals surface area contributed by atoms with Crippen LogP contribution in [0.3, 0.4) is 0 Å². The van der Waals surface area contributed by atoms with Crippen molar-refractivity contribution in [2.45, 2.75) is 13.5 Å². The van der Waals surface area contributed by atoms with Gasteiger partial charge >= 0.3 is 0 Å². The number of carbonyl (C=O) groups is 1. The Morgan fingerprint density at radius 1 is 1.21 bits per heavy atom. The number of ketones is 1. The van der Waals surface area contributed by atoms with Gasteiger partial charge in [-0.3, -0.25) is 4.79 Å². The monoisotopic (exact) mass is 252 g/mol. The second-order valence-corrected chi connectivity index (χ2v) is 4.32. The molecular weight excluding hydrogens is 236 g/mol. The molecule has 2 rings (SSSR count). The van der Waals surface area contributed by atoms with Crippen molar-refractivity contribution in [3.05, 3.63) is 71.8 Å². The Labute approximate surface area is 113 Å². The van der Waals surface area contributed by atoms with Crippen LogP contribution in [0.15, 0.2) is 55.1 Å². The topological polar surface area (TPSA) is 26.3 Å². The minimum absolute atomic E-state index is 0.0424. The maximum absolute atomic E-state index is 11.3. The van der Waals surface area contributed by atoms with Gasteiger partial charge < -0.3 is 4.74 Å². The highest BCUT2D eigenvalue weighted by molar-refractivity contribution is 5.94. The van der Waals surface area contributed by atoms with Gasteiger partial charge in [-0.1, -0.05) is 49.1 Å². The Hall–Kier alpha value is -2.35. The zero-order chi connectivity index (χ0) is 13.7. The summed E-state index contributed by atoms with van der Waals surface area (Å²) >= 11 is 0. The van der Waals surface area contributed by atoms with Gasteiger partial charge in [0.25, 0.3) is 0 Å². The molecule has 2 aromatic rings. The van der Waals surface area contributed by atoms with E-state index in [1.54, 1.807) is 25.1 Å². The number of carbonyl (C=O) groups excluding carboxylic acids is 1. The van der Waals surface area contributed by atoms with Crippen molar-refractivity contribution in [2.75, 3.05) is 0 Å². The molecule has 0 aliphatic carbocycles. The van der Waals surface area contributed by atoms with Crippen LogP contribution in [0.4, 0.5) is 0 Å². The van der Waals surface area contributed by atoms with E-state index in [0.29, 0.717) is 17.9 Å². The first-order chi connectivity index (χ1) is 9.19. The molecule has 0 saturated carbocycles. The van der Waals surface area contributed by atoms with Gasteiger partial charge in [0, 0.05) is 5.56 Å². The molecule has 0 amide bonds. The first kappa shape index (κ1) is 13.1. The summed E-state index contributed by atoms with van der Waals surface area (Å²) in [6.07, 6.45) is 1.81. The van der Waals surface area contributed by atoms with Gasteiger partial charge in [-0.15, -0.1) is 0 Å². The van der Waals surface area contributed by atoms with Crippen LogP contribution in [0.2, 0.25) is 0 Å². The lowest BCUT2D eigenvalue weighted by atomic mass is 10.1. The summed E-state index contributed by atoms with van der Waals surface area (Å²) in [5.74, 6) is 0.751. The lowest BCUT2D eigenvalue weighted by Crippen LogP contribution is -1.97. The highest BCUT2D eigenvalue weighted by Crippen LogP contribution is 2.16. The smallest absolute Gasteiger partial charge is 0.159 e. The van der Waals surface area contributed by atoms with Crippen molar-refractivity contribution >= 4 is 11.9 Å². The second-order valence-electron chi connectivity index (χ2n) is 4.32. The molecule has 0 atom stereocenters. The van der Waals surface area contributed by atoms with Gasteiger partial charge in [0.05, 0.1) is 0 Å². The summed E-state index contributed by atoms with van der Waals surface area (Å²) in [6.45, 7) is 5.75. The molecule has 0 aromatic heterocycles. The third kappa shape index (κ3) is 3.55. The minimum Gasteiger partial charge on any atom is -0.489 e. The van der Waals surface area contributed by atoms with Gasteiger partial charge in [-0.25, -0.2) is 0 Å². The zero-order valence-corrected chi connectivity index (χ0v) is 10.9. The number of hydrogen-bond acceptors (Lipinski definition) is 2. The van der Waals surface area contributed by atoms with Crippen molar-refractivity contribution in [1.29, 1.82) is 0 Å². The van der Waals surface area contributed by atoms with Crippen LogP contribution in [0.1, 0.15) is 28.4 Å². The average molecular weight is 252 g/mol. The van der Waals surface area contributed by atoms with Gasteiger partial charge in [0.2, 0.25) is 0 Å². The van der Waals surface area contributed by atoms with Crippen LogP contribution in [0, 0.1) is 0 Å². The Morgan fingerprint density at radius 2 is 1.95 bits per heavy atom. The molecule has 0 aliphatic rings. The molecule has 19 heavy (non-hydrogen) atoms. The fraction of sp³-hybridized carbons (Fsp3) is 0.118. The predicted octanol–water partition coefficient (Wildman–Crippen LogP) is 4.11. The standard InChI is InChI=1S/C17H16O2/c1-3-14-7-9-15(10-8-14)12-19-17-6-4-5-16(11-17)13(2)18/h3-11H,1,12H2,2H3. The molecule has 2 aromatic carbocycles. The number of Topliss-reactive ketones (excluding diaryl/α,β-unsaturated/α-hetero) is 1. The van der Waals surface area contributed by atoms with Crippen LogP contribution < -0.4 is 4.74 Å². The Morgan fingerprint density at radius 3 is 2.58 bits per heavy atom. The quantitative estimate of drug-likeness (QED) is 0.748. The van der Waals surface area contributed by atoms with E-state index in [2.05, 4.69) is 6.58 Å². The van der Waals surface area contributed by atoms with Crippen molar-refractivity contribution in [2.24, 2.45) is 0 Å². The highest BCUT2D eigenvalue weighted by Gasteiger charge is 2.01. The molecule has 0 N–H and O–H groups in total.